The number of benzene rings is 2. The van der Waals surface area contributed by atoms with Crippen LogP contribution in [0.5, 0.6) is 5.75 Å². The van der Waals surface area contributed by atoms with E-state index in [2.05, 4.69) is 20.7 Å². The van der Waals surface area contributed by atoms with E-state index in [0.29, 0.717) is 16.4 Å². The van der Waals surface area contributed by atoms with Crippen LogP contribution in [-0.2, 0) is 9.53 Å². The molecule has 1 heterocycles. The van der Waals surface area contributed by atoms with Gasteiger partial charge in [0.1, 0.15) is 11.7 Å². The van der Waals surface area contributed by atoms with E-state index in [-0.39, 0.29) is 11.7 Å². The van der Waals surface area contributed by atoms with Crippen molar-refractivity contribution < 1.29 is 23.0 Å². The van der Waals surface area contributed by atoms with Crippen molar-refractivity contribution >= 4 is 28.9 Å². The number of hydrogen-bond donors (Lipinski definition) is 3. The smallest absolute Gasteiger partial charge is 0.387 e. The average Bonchev–Trinajstić information content (AvgIpc) is 2.68. The molecular formula is C20H21F2N3O3S. The number of hydrogen-bond acceptors (Lipinski definition) is 4. The number of para-hydroxylation sites is 1. The maximum Gasteiger partial charge on any atom is 0.387 e. The van der Waals surface area contributed by atoms with Crippen molar-refractivity contribution in [3.05, 3.63) is 60.2 Å². The van der Waals surface area contributed by atoms with E-state index in [9.17, 15) is 13.6 Å². The van der Waals surface area contributed by atoms with Gasteiger partial charge in [-0.3, -0.25) is 4.79 Å². The third-order valence-electron chi connectivity index (χ3n) is 4.79. The molecule has 6 nitrogen and oxygen atoms in total. The maximum absolute atomic E-state index is 13.2. The number of alkyl halides is 2. The molecule has 29 heavy (non-hydrogen) atoms. The minimum absolute atomic E-state index is 0.0278. The van der Waals surface area contributed by atoms with Crippen LogP contribution in [0, 0.1) is 5.92 Å². The Labute approximate surface area is 172 Å². The summed E-state index contributed by atoms with van der Waals surface area (Å²) in [7, 11) is 1.49. The zero-order chi connectivity index (χ0) is 21.0. The number of amides is 1. The molecule has 154 valence electrons. The highest BCUT2D eigenvalue weighted by Crippen LogP contribution is 2.36. The number of nitrogens with one attached hydrogen (secondary N) is 3. The lowest BCUT2D eigenvalue weighted by atomic mass is 9.82. The van der Waals surface area contributed by atoms with Gasteiger partial charge in [0.25, 0.3) is 0 Å². The van der Waals surface area contributed by atoms with Crippen LogP contribution in [0.15, 0.2) is 54.6 Å². The standard InChI is InChI=1S/C20H21F2N3O3S/c1-20(27-2)15(17(26)23-13-6-4-3-5-7-13)16(24-19(29)25-20)12-8-10-14(11-9-12)28-18(21)22/h3-11,15-16,18H,1-2H3,(H,23,26)(H2,24,25,29)/t15-,16+,20+/m1/s1. The van der Waals surface area contributed by atoms with Crippen molar-refractivity contribution in [3.63, 3.8) is 0 Å². The molecule has 0 unspecified atom stereocenters. The lowest BCUT2D eigenvalue weighted by Gasteiger charge is -2.46. The van der Waals surface area contributed by atoms with Crippen molar-refractivity contribution in [2.24, 2.45) is 5.92 Å². The molecule has 1 aliphatic heterocycles. The first-order valence-electron chi connectivity index (χ1n) is 8.87. The quantitative estimate of drug-likeness (QED) is 0.621. The minimum atomic E-state index is -2.91. The second-order valence-electron chi connectivity index (χ2n) is 6.67. The fourth-order valence-electron chi connectivity index (χ4n) is 3.34. The summed E-state index contributed by atoms with van der Waals surface area (Å²) in [5.74, 6) is -0.998. The predicted molar refractivity (Wildman–Crippen MR) is 109 cm³/mol. The van der Waals surface area contributed by atoms with Crippen LogP contribution in [0.1, 0.15) is 18.5 Å². The van der Waals surface area contributed by atoms with Gasteiger partial charge in [0, 0.05) is 12.8 Å². The highest BCUT2D eigenvalue weighted by molar-refractivity contribution is 7.80. The van der Waals surface area contributed by atoms with Gasteiger partial charge in [-0.15, -0.1) is 0 Å². The van der Waals surface area contributed by atoms with E-state index in [1.807, 2.05) is 18.2 Å². The van der Waals surface area contributed by atoms with Crippen LogP contribution < -0.4 is 20.7 Å². The van der Waals surface area contributed by atoms with Crippen molar-refractivity contribution in [1.29, 1.82) is 0 Å². The fourth-order valence-corrected chi connectivity index (χ4v) is 3.66. The number of halogens is 2. The van der Waals surface area contributed by atoms with E-state index in [4.69, 9.17) is 17.0 Å². The number of carbonyl (C=O) groups excluding carboxylic acids is 1. The minimum Gasteiger partial charge on any atom is -0.435 e. The van der Waals surface area contributed by atoms with Gasteiger partial charge in [-0.1, -0.05) is 30.3 Å². The number of methoxy groups -OCH3 is 1. The number of carbonyl (C=O) groups is 1. The van der Waals surface area contributed by atoms with Gasteiger partial charge in [0.15, 0.2) is 10.8 Å². The van der Waals surface area contributed by atoms with Crippen LogP contribution in [-0.4, -0.2) is 30.5 Å². The Bertz CT molecular complexity index is 867. The number of thiocarbonyl (C=S) groups is 1. The normalized spacial score (nSPS) is 23.8. The molecule has 2 aromatic carbocycles. The van der Waals surface area contributed by atoms with Gasteiger partial charge < -0.3 is 25.4 Å². The second-order valence-corrected chi connectivity index (χ2v) is 7.08. The Morgan fingerprint density at radius 2 is 1.83 bits per heavy atom. The van der Waals surface area contributed by atoms with Crippen LogP contribution in [0.25, 0.3) is 0 Å². The molecule has 1 amide bonds. The fraction of sp³-hybridized carbons (Fsp3) is 0.300. The average molecular weight is 421 g/mol. The molecule has 2 aromatic rings. The number of ether oxygens (including phenoxy) is 2. The van der Waals surface area contributed by atoms with Crippen molar-refractivity contribution in [2.45, 2.75) is 25.3 Å². The first kappa shape index (κ1) is 20.9. The molecule has 0 aliphatic carbocycles. The van der Waals surface area contributed by atoms with Crippen LogP contribution in [0.4, 0.5) is 14.5 Å². The molecule has 3 atom stereocenters. The Hall–Kier alpha value is -2.78. The molecule has 0 saturated carbocycles. The van der Waals surface area contributed by atoms with Crippen molar-refractivity contribution in [2.75, 3.05) is 12.4 Å². The Morgan fingerprint density at radius 1 is 1.17 bits per heavy atom. The van der Waals surface area contributed by atoms with E-state index in [1.165, 1.54) is 19.2 Å². The zero-order valence-electron chi connectivity index (χ0n) is 15.8. The summed E-state index contributed by atoms with van der Waals surface area (Å²) in [5, 5.41) is 9.30. The summed E-state index contributed by atoms with van der Waals surface area (Å²) in [5.41, 5.74) is 0.222. The molecule has 1 aliphatic rings. The van der Waals surface area contributed by atoms with Gasteiger partial charge in [-0.05, 0) is 49.0 Å². The highest BCUT2D eigenvalue weighted by Gasteiger charge is 2.49. The molecule has 9 heteroatoms. The molecule has 3 N–H and O–H groups in total. The van der Waals surface area contributed by atoms with Gasteiger partial charge in [-0.25, -0.2) is 0 Å². The number of rotatable bonds is 6. The second kappa shape index (κ2) is 8.71. The Balaban J connectivity index is 1.93. The lowest BCUT2D eigenvalue weighted by molar-refractivity contribution is -0.137. The predicted octanol–water partition coefficient (Wildman–Crippen LogP) is 3.42. The number of anilines is 1. The largest absolute Gasteiger partial charge is 0.435 e. The molecule has 0 aromatic heterocycles. The summed E-state index contributed by atoms with van der Waals surface area (Å²) in [6.45, 7) is -1.18. The van der Waals surface area contributed by atoms with E-state index < -0.39 is 24.3 Å². The maximum atomic E-state index is 13.2. The van der Waals surface area contributed by atoms with Gasteiger partial charge in [-0.2, -0.15) is 8.78 Å². The molecule has 0 radical (unpaired) electrons. The Kier molecular flexibility index (Phi) is 6.29. The van der Waals surface area contributed by atoms with Crippen molar-refractivity contribution in [1.82, 2.24) is 10.6 Å². The summed E-state index contributed by atoms with van der Waals surface area (Å²) in [6, 6.07) is 14.6. The van der Waals surface area contributed by atoms with E-state index >= 15 is 0 Å². The van der Waals surface area contributed by atoms with Crippen LogP contribution >= 0.6 is 12.2 Å². The first-order chi connectivity index (χ1) is 13.8. The lowest BCUT2D eigenvalue weighted by Crippen LogP contribution is -2.66. The summed E-state index contributed by atoms with van der Waals surface area (Å²) >= 11 is 5.29. The Morgan fingerprint density at radius 3 is 2.41 bits per heavy atom. The van der Waals surface area contributed by atoms with Gasteiger partial charge in [0.05, 0.1) is 6.04 Å². The summed E-state index contributed by atoms with van der Waals surface area (Å²) < 4.78 is 34.9. The highest BCUT2D eigenvalue weighted by atomic mass is 32.1. The molecule has 1 saturated heterocycles. The summed E-state index contributed by atoms with van der Waals surface area (Å²) in [6.07, 6.45) is 0. The molecule has 3 rings (SSSR count). The third-order valence-corrected chi connectivity index (χ3v) is 5.01. The molecular weight excluding hydrogens is 400 g/mol. The third kappa shape index (κ3) is 4.80. The summed E-state index contributed by atoms with van der Waals surface area (Å²) in [4.78, 5) is 13.2. The van der Waals surface area contributed by atoms with Gasteiger partial charge >= 0.3 is 6.61 Å². The van der Waals surface area contributed by atoms with Gasteiger partial charge in [0.2, 0.25) is 5.91 Å². The van der Waals surface area contributed by atoms with E-state index in [1.54, 1.807) is 31.2 Å². The molecule has 0 spiro atoms. The van der Waals surface area contributed by atoms with Crippen LogP contribution in [0.3, 0.4) is 0 Å². The first-order valence-corrected chi connectivity index (χ1v) is 9.28. The topological polar surface area (TPSA) is 71.6 Å². The zero-order valence-corrected chi connectivity index (χ0v) is 16.6. The molecule has 1 fully saturated rings. The van der Waals surface area contributed by atoms with Crippen LogP contribution in [0.2, 0.25) is 0 Å². The van der Waals surface area contributed by atoms with Crippen molar-refractivity contribution in [3.8, 4) is 5.75 Å². The SMILES string of the molecule is CO[C@]1(C)NC(=S)N[C@@H](c2ccc(OC(F)F)cc2)[C@@H]1C(=O)Nc1ccccc1. The molecule has 0 bridgehead atoms. The van der Waals surface area contributed by atoms with E-state index in [0.717, 1.165) is 0 Å². The monoisotopic (exact) mass is 421 g/mol.